The van der Waals surface area contributed by atoms with E-state index in [0.29, 0.717) is 11.4 Å². The topological polar surface area (TPSA) is 108 Å². The molecular weight excluding hydrogens is 478 g/mol. The molecule has 0 saturated carbocycles. The fourth-order valence-corrected chi connectivity index (χ4v) is 3.83. The molecule has 1 aliphatic rings. The lowest BCUT2D eigenvalue weighted by Crippen LogP contribution is -2.36. The fourth-order valence-electron chi connectivity index (χ4n) is 3.35. The van der Waals surface area contributed by atoms with E-state index in [9.17, 15) is 19.5 Å². The molecule has 0 radical (unpaired) electrons. The first kappa shape index (κ1) is 23.7. The van der Waals surface area contributed by atoms with Crippen molar-refractivity contribution >= 4 is 45.0 Å². The average molecular weight is 504 g/mol. The number of halogens is 1. The molecule has 3 rings (SSSR count). The smallest absolute Gasteiger partial charge is 0.262 e. The van der Waals surface area contributed by atoms with Gasteiger partial charge in [-0.2, -0.15) is 0 Å². The molecule has 0 aliphatic carbocycles. The monoisotopic (exact) mass is 503 g/mol. The molecule has 0 spiro atoms. The third-order valence-corrected chi connectivity index (χ3v) is 5.54. The molecule has 2 aromatic carbocycles. The molecular formula is C23H26BrN3O5. The van der Waals surface area contributed by atoms with Gasteiger partial charge in [0.2, 0.25) is 11.8 Å². The predicted molar refractivity (Wildman–Crippen MR) is 125 cm³/mol. The zero-order valence-corrected chi connectivity index (χ0v) is 19.5. The van der Waals surface area contributed by atoms with Crippen molar-refractivity contribution in [2.45, 2.75) is 26.4 Å². The molecule has 2 atom stereocenters. The minimum absolute atomic E-state index is 0.125. The second-order valence-electron chi connectivity index (χ2n) is 7.79. The molecule has 170 valence electrons. The van der Waals surface area contributed by atoms with Crippen molar-refractivity contribution in [3.05, 3.63) is 52.5 Å². The van der Waals surface area contributed by atoms with Crippen LogP contribution < -0.4 is 20.3 Å². The van der Waals surface area contributed by atoms with Crippen LogP contribution in [0.4, 0.5) is 11.4 Å². The van der Waals surface area contributed by atoms with Crippen LogP contribution in [-0.4, -0.2) is 48.6 Å². The number of aliphatic hydroxyl groups is 1. The summed E-state index contributed by atoms with van der Waals surface area (Å²) in [5, 5.41) is 14.8. The number of aliphatic hydroxyl groups excluding tert-OH is 1. The summed E-state index contributed by atoms with van der Waals surface area (Å²) in [6.07, 6.45) is -0.514. The van der Waals surface area contributed by atoms with Crippen LogP contribution in [0, 0.1) is 12.8 Å². The number of benzene rings is 2. The summed E-state index contributed by atoms with van der Waals surface area (Å²) in [6.45, 7) is 3.77. The van der Waals surface area contributed by atoms with Crippen molar-refractivity contribution in [1.29, 1.82) is 0 Å². The van der Waals surface area contributed by atoms with Gasteiger partial charge in [-0.25, -0.2) is 0 Å². The Kier molecular flexibility index (Phi) is 7.87. The van der Waals surface area contributed by atoms with E-state index < -0.39 is 12.0 Å². The Morgan fingerprint density at radius 3 is 2.62 bits per heavy atom. The van der Waals surface area contributed by atoms with Gasteiger partial charge in [-0.1, -0.05) is 15.9 Å². The Balaban J connectivity index is 1.52. The summed E-state index contributed by atoms with van der Waals surface area (Å²) >= 11 is 3.39. The van der Waals surface area contributed by atoms with E-state index in [4.69, 9.17) is 4.74 Å². The molecule has 1 heterocycles. The summed E-state index contributed by atoms with van der Waals surface area (Å²) in [6, 6.07) is 12.4. The molecule has 0 aromatic heterocycles. The van der Waals surface area contributed by atoms with Gasteiger partial charge in [0.15, 0.2) is 6.61 Å². The zero-order chi connectivity index (χ0) is 23.3. The summed E-state index contributed by atoms with van der Waals surface area (Å²) in [5.74, 6) is -0.619. The minimum Gasteiger partial charge on any atom is -0.484 e. The van der Waals surface area contributed by atoms with E-state index in [0.717, 1.165) is 15.7 Å². The van der Waals surface area contributed by atoms with E-state index in [2.05, 4.69) is 26.6 Å². The van der Waals surface area contributed by atoms with Crippen molar-refractivity contribution in [3.8, 4) is 5.75 Å². The zero-order valence-electron chi connectivity index (χ0n) is 17.9. The van der Waals surface area contributed by atoms with Gasteiger partial charge in [0.25, 0.3) is 5.91 Å². The summed E-state index contributed by atoms with van der Waals surface area (Å²) in [7, 11) is 0. The van der Waals surface area contributed by atoms with E-state index in [-0.39, 0.29) is 43.8 Å². The van der Waals surface area contributed by atoms with Crippen molar-refractivity contribution in [3.63, 3.8) is 0 Å². The number of hydrogen-bond donors (Lipinski definition) is 3. The van der Waals surface area contributed by atoms with Crippen LogP contribution in [0.2, 0.25) is 0 Å². The van der Waals surface area contributed by atoms with Crippen LogP contribution in [0.5, 0.6) is 5.75 Å². The number of nitrogens with zero attached hydrogens (tertiary/aromatic N) is 1. The Hall–Kier alpha value is -2.91. The predicted octanol–water partition coefficient (Wildman–Crippen LogP) is 2.62. The van der Waals surface area contributed by atoms with Crippen molar-refractivity contribution in [2.24, 2.45) is 5.92 Å². The van der Waals surface area contributed by atoms with Crippen molar-refractivity contribution in [1.82, 2.24) is 5.32 Å². The number of aryl methyl sites for hydroxylation is 1. The van der Waals surface area contributed by atoms with Gasteiger partial charge >= 0.3 is 0 Å². The van der Waals surface area contributed by atoms with Gasteiger partial charge in [-0.15, -0.1) is 0 Å². The summed E-state index contributed by atoms with van der Waals surface area (Å²) in [4.78, 5) is 38.3. The molecule has 0 unspecified atom stereocenters. The first-order valence-corrected chi connectivity index (χ1v) is 11.1. The molecule has 2 aromatic rings. The van der Waals surface area contributed by atoms with E-state index >= 15 is 0 Å². The van der Waals surface area contributed by atoms with Crippen LogP contribution in [-0.2, 0) is 14.4 Å². The number of carbonyl (C=O) groups excluding carboxylic acids is 3. The van der Waals surface area contributed by atoms with Crippen molar-refractivity contribution in [2.75, 3.05) is 29.9 Å². The second kappa shape index (κ2) is 10.6. The molecule has 1 fully saturated rings. The maximum atomic E-state index is 12.4. The van der Waals surface area contributed by atoms with Gasteiger partial charge < -0.3 is 25.4 Å². The average Bonchev–Trinajstić information content (AvgIpc) is 3.14. The minimum atomic E-state index is -0.638. The van der Waals surface area contributed by atoms with Crippen molar-refractivity contribution < 1.29 is 24.2 Å². The van der Waals surface area contributed by atoms with Gasteiger partial charge in [-0.05, 0) is 61.9 Å². The maximum Gasteiger partial charge on any atom is 0.262 e. The number of amides is 3. The largest absolute Gasteiger partial charge is 0.484 e. The number of nitrogens with one attached hydrogen (secondary N) is 2. The Morgan fingerprint density at radius 2 is 1.97 bits per heavy atom. The highest BCUT2D eigenvalue weighted by Crippen LogP contribution is 2.27. The van der Waals surface area contributed by atoms with Gasteiger partial charge in [-0.3, -0.25) is 14.4 Å². The lowest BCUT2D eigenvalue weighted by Gasteiger charge is -2.17. The first-order chi connectivity index (χ1) is 15.2. The number of ether oxygens (including phenoxy) is 1. The SMILES string of the molecule is Cc1cc(Br)ccc1NC(=O)COc1ccc(N2C[C@@H](C(=O)NC[C@H](C)O)CC2=O)cc1. The van der Waals surface area contributed by atoms with E-state index in [1.54, 1.807) is 36.1 Å². The Morgan fingerprint density at radius 1 is 1.25 bits per heavy atom. The molecule has 3 N–H and O–H groups in total. The highest BCUT2D eigenvalue weighted by atomic mass is 79.9. The molecule has 0 bridgehead atoms. The third-order valence-electron chi connectivity index (χ3n) is 5.05. The molecule has 3 amide bonds. The third kappa shape index (κ3) is 6.30. The highest BCUT2D eigenvalue weighted by Gasteiger charge is 2.35. The molecule has 32 heavy (non-hydrogen) atoms. The molecule has 8 nitrogen and oxygen atoms in total. The van der Waals surface area contributed by atoms with Gasteiger partial charge in [0.1, 0.15) is 5.75 Å². The summed E-state index contributed by atoms with van der Waals surface area (Å²) in [5.41, 5.74) is 2.31. The van der Waals surface area contributed by atoms with E-state index in [1.165, 1.54) is 0 Å². The van der Waals surface area contributed by atoms with Crippen LogP contribution in [0.3, 0.4) is 0 Å². The standard InChI is InChI=1S/C23H26BrN3O5/c1-14-9-17(24)3-8-20(14)26-21(29)13-32-19-6-4-18(5-7-19)27-12-16(10-22(27)30)23(31)25-11-15(2)28/h3-9,15-16,28H,10-13H2,1-2H3,(H,25,31)(H,26,29)/t15-,16-/m0/s1. The first-order valence-electron chi connectivity index (χ1n) is 10.3. The highest BCUT2D eigenvalue weighted by molar-refractivity contribution is 9.10. The summed E-state index contributed by atoms with van der Waals surface area (Å²) < 4.78 is 6.49. The Bertz CT molecular complexity index is 994. The van der Waals surface area contributed by atoms with Crippen LogP contribution >= 0.6 is 15.9 Å². The quantitative estimate of drug-likeness (QED) is 0.513. The Labute approximate surface area is 195 Å². The van der Waals surface area contributed by atoms with Gasteiger partial charge in [0, 0.05) is 35.4 Å². The van der Waals surface area contributed by atoms with Crippen LogP contribution in [0.1, 0.15) is 18.9 Å². The van der Waals surface area contributed by atoms with Crippen LogP contribution in [0.25, 0.3) is 0 Å². The molecule has 1 aliphatic heterocycles. The number of carbonyl (C=O) groups is 3. The number of hydrogen-bond acceptors (Lipinski definition) is 5. The van der Waals surface area contributed by atoms with E-state index in [1.807, 2.05) is 25.1 Å². The lowest BCUT2D eigenvalue weighted by atomic mass is 10.1. The second-order valence-corrected chi connectivity index (χ2v) is 8.71. The molecule has 1 saturated heterocycles. The normalized spacial score (nSPS) is 16.6. The van der Waals surface area contributed by atoms with Crippen LogP contribution in [0.15, 0.2) is 46.9 Å². The number of anilines is 2. The van der Waals surface area contributed by atoms with Gasteiger partial charge in [0.05, 0.1) is 12.0 Å². The lowest BCUT2D eigenvalue weighted by molar-refractivity contribution is -0.126. The maximum absolute atomic E-state index is 12.4. The fraction of sp³-hybridized carbons (Fsp3) is 0.348. The number of rotatable bonds is 8. The molecule has 9 heteroatoms.